The number of aryl methyl sites for hydroxylation is 1. The predicted molar refractivity (Wildman–Crippen MR) is 50.3 cm³/mol. The number of halogens is 1. The number of benzene rings is 1. The van der Waals surface area contributed by atoms with Crippen molar-refractivity contribution in [2.75, 3.05) is 5.75 Å². The van der Waals surface area contributed by atoms with Crippen molar-refractivity contribution in [3.63, 3.8) is 0 Å². The highest BCUT2D eigenvalue weighted by Crippen LogP contribution is 2.10. The van der Waals surface area contributed by atoms with Crippen LogP contribution in [0.5, 0.6) is 0 Å². The molecule has 2 heteroatoms. The van der Waals surface area contributed by atoms with Crippen LogP contribution in [0, 0.1) is 0 Å². The summed E-state index contributed by atoms with van der Waals surface area (Å²) in [6, 6.07) is 8.27. The molecule has 0 spiro atoms. The normalized spacial score (nSPS) is 9.80. The predicted octanol–water partition coefficient (Wildman–Crippen LogP) is 3.19. The summed E-state index contributed by atoms with van der Waals surface area (Å²) >= 11 is 8.23. The molecule has 0 nitrogen and oxygen atoms in total. The highest BCUT2D eigenvalue weighted by molar-refractivity contribution is 9.10. The summed E-state index contributed by atoms with van der Waals surface area (Å²) in [6.45, 7) is 0. The molecule has 0 saturated heterocycles. The Morgan fingerprint density at radius 1 is 1.20 bits per heavy atom. The van der Waals surface area contributed by atoms with E-state index in [1.807, 2.05) is 12.1 Å². The zero-order valence-corrected chi connectivity index (χ0v) is 7.91. The molecule has 0 saturated carbocycles. The minimum absolute atomic E-state index is 0.807. The monoisotopic (exact) mass is 215 g/mol. The van der Waals surface area contributed by atoms with Gasteiger partial charge in [-0.25, -0.2) is 0 Å². The van der Waals surface area contributed by atoms with Crippen LogP contribution in [0.25, 0.3) is 0 Å². The second-order valence-corrected chi connectivity index (χ2v) is 3.40. The molecule has 0 atom stereocenters. The van der Waals surface area contributed by atoms with Gasteiger partial charge in [-0.3, -0.25) is 0 Å². The van der Waals surface area contributed by atoms with E-state index in [9.17, 15) is 0 Å². The molecule has 0 amide bonds. The van der Waals surface area contributed by atoms with Crippen LogP contribution in [-0.4, -0.2) is 5.75 Å². The van der Waals surface area contributed by atoms with Gasteiger partial charge < -0.3 is 0 Å². The first kappa shape index (κ1) is 8.15. The van der Waals surface area contributed by atoms with E-state index in [0.29, 0.717) is 0 Å². The maximum Gasteiger partial charge on any atom is 0.0175 e. The van der Waals surface area contributed by atoms with Gasteiger partial charge in [0.2, 0.25) is 0 Å². The van der Waals surface area contributed by atoms with Gasteiger partial charge in [0.25, 0.3) is 0 Å². The largest absolute Gasteiger partial charge is 0.0938 e. The van der Waals surface area contributed by atoms with E-state index >= 15 is 0 Å². The number of hydrogen-bond donors (Lipinski definition) is 0. The Bertz CT molecular complexity index is 193. The highest BCUT2D eigenvalue weighted by Gasteiger charge is 1.89. The fourth-order valence-electron chi connectivity index (χ4n) is 0.769. The maximum atomic E-state index is 4.86. The van der Waals surface area contributed by atoms with Gasteiger partial charge in [-0.2, -0.15) is 0 Å². The first-order chi connectivity index (χ1) is 4.83. The van der Waals surface area contributed by atoms with Crippen LogP contribution in [0.4, 0.5) is 0 Å². The molecule has 0 heterocycles. The molecular formula is C8H8BrS. The van der Waals surface area contributed by atoms with E-state index in [1.54, 1.807) is 0 Å². The van der Waals surface area contributed by atoms with Crippen molar-refractivity contribution < 1.29 is 0 Å². The van der Waals surface area contributed by atoms with Crippen molar-refractivity contribution in [3.05, 3.63) is 34.3 Å². The van der Waals surface area contributed by atoms with Crippen LogP contribution in [-0.2, 0) is 6.42 Å². The molecule has 1 radical (unpaired) electrons. The lowest BCUT2D eigenvalue weighted by Crippen LogP contribution is -1.83. The molecular weight excluding hydrogens is 208 g/mol. The van der Waals surface area contributed by atoms with Crippen LogP contribution in [0.15, 0.2) is 28.7 Å². The molecule has 0 aromatic heterocycles. The first-order valence-electron chi connectivity index (χ1n) is 3.15. The van der Waals surface area contributed by atoms with E-state index in [-0.39, 0.29) is 0 Å². The van der Waals surface area contributed by atoms with Crippen molar-refractivity contribution in [1.82, 2.24) is 0 Å². The minimum Gasteiger partial charge on any atom is -0.0938 e. The van der Waals surface area contributed by atoms with Crippen LogP contribution in [0.2, 0.25) is 0 Å². The molecule has 0 aliphatic carbocycles. The summed E-state index contributed by atoms with van der Waals surface area (Å²) in [4.78, 5) is 0. The minimum atomic E-state index is 0.807. The molecule has 1 aromatic rings. The Hall–Kier alpha value is 0.0500. The number of hydrogen-bond acceptors (Lipinski definition) is 0. The topological polar surface area (TPSA) is 0 Å². The van der Waals surface area contributed by atoms with Crippen molar-refractivity contribution in [2.45, 2.75) is 6.42 Å². The van der Waals surface area contributed by atoms with Crippen LogP contribution >= 0.6 is 28.6 Å². The zero-order valence-electron chi connectivity index (χ0n) is 5.51. The molecule has 10 heavy (non-hydrogen) atoms. The lowest BCUT2D eigenvalue weighted by molar-refractivity contribution is 1.16. The SMILES string of the molecule is [S]CCc1ccc(Br)cc1. The summed E-state index contributed by atoms with van der Waals surface area (Å²) in [5, 5.41) is 0. The molecule has 0 unspecified atom stereocenters. The summed E-state index contributed by atoms with van der Waals surface area (Å²) in [5.74, 6) is 0.807. The molecule has 0 fully saturated rings. The molecule has 0 aliphatic heterocycles. The summed E-state index contributed by atoms with van der Waals surface area (Å²) in [6.07, 6.45) is 1.00. The molecule has 53 valence electrons. The molecule has 0 bridgehead atoms. The molecule has 1 rings (SSSR count). The van der Waals surface area contributed by atoms with E-state index in [0.717, 1.165) is 16.6 Å². The van der Waals surface area contributed by atoms with Gasteiger partial charge in [0.1, 0.15) is 0 Å². The van der Waals surface area contributed by atoms with Crippen LogP contribution < -0.4 is 0 Å². The average molecular weight is 216 g/mol. The Morgan fingerprint density at radius 3 is 2.30 bits per heavy atom. The van der Waals surface area contributed by atoms with Gasteiger partial charge in [-0.15, -0.1) is 0 Å². The maximum absolute atomic E-state index is 4.86. The second-order valence-electron chi connectivity index (χ2n) is 2.08. The molecule has 0 N–H and O–H groups in total. The van der Waals surface area contributed by atoms with E-state index in [2.05, 4.69) is 28.1 Å². The third-order valence-corrected chi connectivity index (χ3v) is 2.04. The van der Waals surface area contributed by atoms with Gasteiger partial charge in [0.05, 0.1) is 0 Å². The second kappa shape index (κ2) is 4.04. The van der Waals surface area contributed by atoms with Crippen molar-refractivity contribution in [3.8, 4) is 0 Å². The molecule has 0 aliphatic rings. The van der Waals surface area contributed by atoms with Gasteiger partial charge in [0.15, 0.2) is 0 Å². The Balaban J connectivity index is 2.69. The van der Waals surface area contributed by atoms with Crippen molar-refractivity contribution in [1.29, 1.82) is 0 Å². The van der Waals surface area contributed by atoms with Crippen molar-refractivity contribution >= 4 is 28.6 Å². The lowest BCUT2D eigenvalue weighted by Gasteiger charge is -1.95. The molecule has 1 aromatic carbocycles. The van der Waals surface area contributed by atoms with E-state index in [4.69, 9.17) is 12.6 Å². The summed E-state index contributed by atoms with van der Waals surface area (Å²) < 4.78 is 1.13. The Morgan fingerprint density at radius 2 is 1.80 bits per heavy atom. The third kappa shape index (κ3) is 2.35. The third-order valence-electron chi connectivity index (χ3n) is 1.30. The fourth-order valence-corrected chi connectivity index (χ4v) is 1.27. The highest BCUT2D eigenvalue weighted by atomic mass is 79.9. The van der Waals surface area contributed by atoms with Gasteiger partial charge in [-0.1, -0.05) is 40.7 Å². The van der Waals surface area contributed by atoms with Gasteiger partial charge >= 0.3 is 0 Å². The first-order valence-corrected chi connectivity index (χ1v) is 4.52. The Kier molecular flexibility index (Phi) is 3.29. The zero-order chi connectivity index (χ0) is 7.40. The average Bonchev–Trinajstić information content (AvgIpc) is 1.95. The van der Waals surface area contributed by atoms with Gasteiger partial charge in [0, 0.05) is 10.2 Å². The summed E-state index contributed by atoms with van der Waals surface area (Å²) in [5.41, 5.74) is 1.32. The fraction of sp³-hybridized carbons (Fsp3) is 0.250. The smallest absolute Gasteiger partial charge is 0.0175 e. The van der Waals surface area contributed by atoms with E-state index in [1.165, 1.54) is 5.56 Å². The summed E-state index contributed by atoms with van der Waals surface area (Å²) in [7, 11) is 0. The quantitative estimate of drug-likeness (QED) is 0.712. The standard InChI is InChI=1S/C8H8BrS/c9-8-3-1-7(2-4-8)5-6-10/h1-4H,5-6H2. The van der Waals surface area contributed by atoms with Crippen molar-refractivity contribution in [2.24, 2.45) is 0 Å². The van der Waals surface area contributed by atoms with Gasteiger partial charge in [-0.05, 0) is 24.1 Å². The van der Waals surface area contributed by atoms with Crippen LogP contribution in [0.3, 0.4) is 0 Å². The van der Waals surface area contributed by atoms with E-state index < -0.39 is 0 Å². The van der Waals surface area contributed by atoms with Crippen LogP contribution in [0.1, 0.15) is 5.56 Å². The Labute approximate surface area is 75.2 Å². The number of rotatable bonds is 2. The lowest BCUT2D eigenvalue weighted by atomic mass is 10.2.